The van der Waals surface area contributed by atoms with Crippen LogP contribution in [0.3, 0.4) is 0 Å². The van der Waals surface area contributed by atoms with Gasteiger partial charge < -0.3 is 10.4 Å². The standard InChI is InChI=1S/C22H23FN2OS2.C14H15NO2S2.C2H6/c1-2-16-3-7-18(8-4-16)22-25-13-20(28-22)14-27-15-21(26)24-12-11-17-5-9-19(23)10-6-17;1-2-10-3-5-11(6-4-10)14-15-7-12(19-14)8-18-9-13(16)17;1-2/h3-10,13H,2,11-12,14-15H2,1H3,(H,24,26);3-7H,2,8-9H2,1H3,(H,16,17);1-2H3. The minimum absolute atomic E-state index is 0.0204. The number of aromatic nitrogens is 2. The summed E-state index contributed by atoms with van der Waals surface area (Å²) >= 11 is 6.29. The van der Waals surface area contributed by atoms with Gasteiger partial charge in [-0.15, -0.1) is 46.2 Å². The average molecular weight is 738 g/mol. The minimum Gasteiger partial charge on any atom is -0.481 e. The van der Waals surface area contributed by atoms with Crippen LogP contribution >= 0.6 is 46.2 Å². The van der Waals surface area contributed by atoms with Gasteiger partial charge in [-0.25, -0.2) is 14.4 Å². The predicted molar refractivity (Wildman–Crippen MR) is 208 cm³/mol. The molecule has 0 bridgehead atoms. The second-order valence-corrected chi connectivity index (χ2v) is 14.7. The fourth-order valence-electron chi connectivity index (χ4n) is 4.31. The molecule has 5 rings (SSSR count). The van der Waals surface area contributed by atoms with Gasteiger partial charge in [0.1, 0.15) is 15.8 Å². The molecule has 0 unspecified atom stereocenters. The SMILES string of the molecule is CC.CCc1ccc(-c2ncc(CSCC(=O)NCCc3ccc(F)cc3)s2)cc1.CCc1ccc(-c2ncc(CSCC(=O)O)s2)cc1. The number of benzene rings is 3. The fraction of sp³-hybridized carbons (Fsp3) is 0.316. The van der Waals surface area contributed by atoms with E-state index in [1.807, 2.05) is 26.2 Å². The van der Waals surface area contributed by atoms with Crippen molar-refractivity contribution in [3.05, 3.63) is 117 Å². The maximum atomic E-state index is 12.9. The van der Waals surface area contributed by atoms with Gasteiger partial charge in [0.15, 0.2) is 0 Å². The maximum absolute atomic E-state index is 12.9. The van der Waals surface area contributed by atoms with Crippen molar-refractivity contribution >= 4 is 58.1 Å². The topological polar surface area (TPSA) is 92.2 Å². The van der Waals surface area contributed by atoms with Gasteiger partial charge >= 0.3 is 5.97 Å². The van der Waals surface area contributed by atoms with Crippen molar-refractivity contribution in [1.82, 2.24) is 15.3 Å². The number of carbonyl (C=O) groups is 2. The quantitative estimate of drug-likeness (QED) is 0.111. The second kappa shape index (κ2) is 22.3. The summed E-state index contributed by atoms with van der Waals surface area (Å²) in [6.45, 7) is 8.84. The lowest BCUT2D eigenvalue weighted by molar-refractivity contribution is -0.133. The monoisotopic (exact) mass is 737 g/mol. The number of thioether (sulfide) groups is 2. The highest BCUT2D eigenvalue weighted by Gasteiger charge is 2.08. The maximum Gasteiger partial charge on any atom is 0.313 e. The zero-order valence-electron chi connectivity index (χ0n) is 28.4. The number of nitrogens with zero attached hydrogens (tertiary/aromatic N) is 2. The van der Waals surface area contributed by atoms with Crippen molar-refractivity contribution in [2.24, 2.45) is 0 Å². The number of aryl methyl sites for hydroxylation is 2. The molecule has 0 aliphatic rings. The van der Waals surface area contributed by atoms with E-state index in [1.165, 1.54) is 39.9 Å². The molecule has 0 saturated heterocycles. The Labute approximate surface area is 306 Å². The summed E-state index contributed by atoms with van der Waals surface area (Å²) < 4.78 is 12.9. The Kier molecular flexibility index (Phi) is 18.1. The lowest BCUT2D eigenvalue weighted by atomic mass is 10.1. The number of rotatable bonds is 15. The van der Waals surface area contributed by atoms with Gasteiger partial charge in [0, 0.05) is 51.3 Å². The van der Waals surface area contributed by atoms with E-state index in [1.54, 1.807) is 46.6 Å². The highest BCUT2D eigenvalue weighted by molar-refractivity contribution is 7.99. The number of carbonyl (C=O) groups excluding carboxylic acids is 1. The van der Waals surface area contributed by atoms with Crippen molar-refractivity contribution < 1.29 is 19.1 Å². The normalized spacial score (nSPS) is 10.4. The zero-order valence-corrected chi connectivity index (χ0v) is 31.7. The number of halogens is 1. The molecule has 0 spiro atoms. The van der Waals surface area contributed by atoms with Crippen molar-refractivity contribution in [3.8, 4) is 21.1 Å². The molecule has 1 amide bonds. The summed E-state index contributed by atoms with van der Waals surface area (Å²) in [4.78, 5) is 33.6. The molecule has 0 fully saturated rings. The Morgan fingerprint density at radius 1 is 0.714 bits per heavy atom. The molecule has 0 atom stereocenters. The van der Waals surface area contributed by atoms with Crippen molar-refractivity contribution in [3.63, 3.8) is 0 Å². The predicted octanol–water partition coefficient (Wildman–Crippen LogP) is 9.82. The van der Waals surface area contributed by atoms with Gasteiger partial charge in [-0.2, -0.15) is 0 Å². The molecule has 11 heteroatoms. The number of hydrogen-bond donors (Lipinski definition) is 2. The number of amides is 1. The van der Waals surface area contributed by atoms with Crippen LogP contribution in [0.4, 0.5) is 4.39 Å². The largest absolute Gasteiger partial charge is 0.481 e. The van der Waals surface area contributed by atoms with E-state index in [4.69, 9.17) is 5.11 Å². The fourth-order valence-corrected chi connectivity index (χ4v) is 7.93. The van der Waals surface area contributed by atoms with Crippen molar-refractivity contribution in [2.75, 3.05) is 18.1 Å². The average Bonchev–Trinajstić information content (AvgIpc) is 3.81. The van der Waals surface area contributed by atoms with E-state index in [0.717, 1.165) is 50.2 Å². The van der Waals surface area contributed by atoms with Crippen LogP contribution in [0.2, 0.25) is 0 Å². The molecular formula is C38H44FN3O3S4. The zero-order chi connectivity index (χ0) is 35.4. The van der Waals surface area contributed by atoms with E-state index in [-0.39, 0.29) is 17.5 Å². The van der Waals surface area contributed by atoms with Gasteiger partial charge in [0.25, 0.3) is 0 Å². The van der Waals surface area contributed by atoms with E-state index in [2.05, 4.69) is 77.7 Å². The molecule has 5 aromatic rings. The summed E-state index contributed by atoms with van der Waals surface area (Å²) in [5, 5.41) is 13.5. The highest BCUT2D eigenvalue weighted by Crippen LogP contribution is 2.29. The van der Waals surface area contributed by atoms with E-state index in [9.17, 15) is 14.0 Å². The van der Waals surface area contributed by atoms with E-state index >= 15 is 0 Å². The molecule has 2 aromatic heterocycles. The summed E-state index contributed by atoms with van der Waals surface area (Å²) in [5.41, 5.74) is 5.91. The summed E-state index contributed by atoms with van der Waals surface area (Å²) in [6.07, 6.45) is 6.50. The molecule has 3 aromatic carbocycles. The van der Waals surface area contributed by atoms with Gasteiger partial charge in [-0.3, -0.25) is 9.59 Å². The van der Waals surface area contributed by atoms with Crippen LogP contribution in [0.1, 0.15) is 54.1 Å². The number of carboxylic acid groups (broad SMARTS) is 1. The third-order valence-electron chi connectivity index (χ3n) is 6.92. The first-order valence-electron chi connectivity index (χ1n) is 16.3. The third-order valence-corrected chi connectivity index (χ3v) is 11.3. The first-order valence-corrected chi connectivity index (χ1v) is 20.2. The summed E-state index contributed by atoms with van der Waals surface area (Å²) in [7, 11) is 0. The number of hydrogen-bond acceptors (Lipinski definition) is 8. The minimum atomic E-state index is -0.773. The van der Waals surface area contributed by atoms with Crippen LogP contribution in [0, 0.1) is 5.82 Å². The first-order chi connectivity index (χ1) is 23.8. The lowest BCUT2D eigenvalue weighted by Crippen LogP contribution is -2.27. The Morgan fingerprint density at radius 3 is 1.61 bits per heavy atom. The molecule has 6 nitrogen and oxygen atoms in total. The number of thiazole rings is 2. The Balaban J connectivity index is 0.000000270. The number of carboxylic acids is 1. The van der Waals surface area contributed by atoms with Gasteiger partial charge in [0.2, 0.25) is 5.91 Å². The van der Waals surface area contributed by atoms with Crippen LogP contribution in [-0.4, -0.2) is 45.0 Å². The summed E-state index contributed by atoms with van der Waals surface area (Å²) in [6, 6.07) is 23.3. The van der Waals surface area contributed by atoms with Crippen LogP contribution in [0.15, 0.2) is 85.2 Å². The van der Waals surface area contributed by atoms with Crippen LogP contribution in [0.25, 0.3) is 21.1 Å². The molecule has 49 heavy (non-hydrogen) atoms. The molecule has 260 valence electrons. The first kappa shape index (κ1) is 39.9. The van der Waals surface area contributed by atoms with Crippen molar-refractivity contribution in [2.45, 2.75) is 58.5 Å². The van der Waals surface area contributed by atoms with Crippen molar-refractivity contribution in [1.29, 1.82) is 0 Å². The molecular weight excluding hydrogens is 694 g/mol. The van der Waals surface area contributed by atoms with Crippen LogP contribution < -0.4 is 5.32 Å². The number of nitrogens with one attached hydrogen (secondary N) is 1. The highest BCUT2D eigenvalue weighted by atomic mass is 32.2. The summed E-state index contributed by atoms with van der Waals surface area (Å²) in [5.74, 6) is 1.04. The Hall–Kier alpha value is -3.51. The van der Waals surface area contributed by atoms with Crippen LogP contribution in [0.5, 0.6) is 0 Å². The van der Waals surface area contributed by atoms with Gasteiger partial charge in [-0.05, 0) is 48.1 Å². The Bertz CT molecular complexity index is 1690. The Morgan fingerprint density at radius 2 is 1.16 bits per heavy atom. The molecule has 0 radical (unpaired) electrons. The molecule has 0 aliphatic carbocycles. The molecule has 0 aliphatic heterocycles. The molecule has 2 heterocycles. The van der Waals surface area contributed by atoms with Gasteiger partial charge in [-0.1, -0.05) is 88.4 Å². The van der Waals surface area contributed by atoms with Crippen LogP contribution in [-0.2, 0) is 40.4 Å². The third kappa shape index (κ3) is 14.5. The molecule has 2 N–H and O–H groups in total. The smallest absolute Gasteiger partial charge is 0.313 e. The molecule has 0 saturated carbocycles. The number of aliphatic carboxylic acids is 1. The second-order valence-electron chi connectivity index (χ2n) is 10.5. The lowest BCUT2D eigenvalue weighted by Gasteiger charge is -2.05. The van der Waals surface area contributed by atoms with Gasteiger partial charge in [0.05, 0.1) is 11.5 Å². The van der Waals surface area contributed by atoms with E-state index < -0.39 is 5.97 Å². The van der Waals surface area contributed by atoms with E-state index in [0.29, 0.717) is 24.5 Å².